The molecule has 0 aliphatic heterocycles. The van der Waals surface area contributed by atoms with Gasteiger partial charge in [-0.05, 0) is 32.0 Å². The lowest BCUT2D eigenvalue weighted by Crippen LogP contribution is -2.27. The summed E-state index contributed by atoms with van der Waals surface area (Å²) < 4.78 is 16.5. The Balaban J connectivity index is 2.30. The fourth-order valence-electron chi connectivity index (χ4n) is 2.73. The summed E-state index contributed by atoms with van der Waals surface area (Å²) in [6.45, 7) is 3.24. The molecule has 1 unspecified atom stereocenters. The quantitative estimate of drug-likeness (QED) is 0.757. The highest BCUT2D eigenvalue weighted by molar-refractivity contribution is 6.30. The van der Waals surface area contributed by atoms with E-state index >= 15 is 0 Å². The van der Waals surface area contributed by atoms with Crippen LogP contribution in [0.25, 0.3) is 16.6 Å². The molecule has 1 atom stereocenters. The number of aliphatic hydroxyl groups is 1. The Morgan fingerprint density at radius 3 is 2.67 bits per heavy atom. The first-order chi connectivity index (χ1) is 11.3. The van der Waals surface area contributed by atoms with Crippen molar-refractivity contribution in [3.05, 3.63) is 61.5 Å². The number of hydrogen-bond donors (Lipinski definition) is 2. The Bertz CT molecular complexity index is 1050. The lowest BCUT2D eigenvalue weighted by atomic mass is 10.2. The van der Waals surface area contributed by atoms with Crippen molar-refractivity contribution in [3.8, 4) is 5.69 Å². The van der Waals surface area contributed by atoms with E-state index in [0.717, 1.165) is 10.7 Å². The minimum absolute atomic E-state index is 0.00882. The molecule has 0 aliphatic carbocycles. The molecule has 6 nitrogen and oxygen atoms in total. The van der Waals surface area contributed by atoms with Gasteiger partial charge in [-0.1, -0.05) is 11.6 Å². The van der Waals surface area contributed by atoms with Crippen LogP contribution in [0.2, 0.25) is 5.02 Å². The largest absolute Gasteiger partial charge is 0.392 e. The highest BCUT2D eigenvalue weighted by Gasteiger charge is 2.17. The maximum Gasteiger partial charge on any atom is 0.280 e. The van der Waals surface area contributed by atoms with Gasteiger partial charge in [0.2, 0.25) is 0 Å². The van der Waals surface area contributed by atoms with Crippen molar-refractivity contribution < 1.29 is 9.50 Å². The molecule has 3 rings (SSSR count). The van der Waals surface area contributed by atoms with Crippen molar-refractivity contribution >= 4 is 22.5 Å². The predicted octanol–water partition coefficient (Wildman–Crippen LogP) is 1.96. The van der Waals surface area contributed by atoms with Crippen LogP contribution in [0.4, 0.5) is 4.39 Å². The van der Waals surface area contributed by atoms with E-state index in [9.17, 15) is 19.1 Å². The molecule has 0 bridgehead atoms. The first-order valence-corrected chi connectivity index (χ1v) is 7.66. The number of benzene rings is 1. The van der Waals surface area contributed by atoms with Gasteiger partial charge in [-0.3, -0.25) is 14.7 Å². The van der Waals surface area contributed by atoms with Gasteiger partial charge in [0.1, 0.15) is 11.5 Å². The summed E-state index contributed by atoms with van der Waals surface area (Å²) >= 11 is 5.73. The second-order valence-electron chi connectivity index (χ2n) is 5.66. The van der Waals surface area contributed by atoms with Gasteiger partial charge in [0, 0.05) is 16.8 Å². The molecule has 0 aliphatic rings. The highest BCUT2D eigenvalue weighted by atomic mass is 35.5. The van der Waals surface area contributed by atoms with Gasteiger partial charge in [0.15, 0.2) is 0 Å². The topological polar surface area (TPSA) is 80.0 Å². The zero-order valence-electron chi connectivity index (χ0n) is 13.0. The van der Waals surface area contributed by atoms with Crippen LogP contribution in [0.1, 0.15) is 12.6 Å². The van der Waals surface area contributed by atoms with Crippen molar-refractivity contribution in [2.75, 3.05) is 0 Å². The molecule has 0 saturated heterocycles. The third-order valence-electron chi connectivity index (χ3n) is 3.82. The number of nitrogens with one attached hydrogen (secondary N) is 1. The molecule has 0 amide bonds. The van der Waals surface area contributed by atoms with E-state index in [-0.39, 0.29) is 28.2 Å². The molecule has 0 fully saturated rings. The van der Waals surface area contributed by atoms with Crippen LogP contribution < -0.4 is 11.1 Å². The van der Waals surface area contributed by atoms with Gasteiger partial charge in [0.05, 0.1) is 23.6 Å². The lowest BCUT2D eigenvalue weighted by Gasteiger charge is -2.11. The van der Waals surface area contributed by atoms with Gasteiger partial charge < -0.3 is 9.67 Å². The molecular weight excluding hydrogens is 337 g/mol. The maximum atomic E-state index is 14.1. The van der Waals surface area contributed by atoms with Gasteiger partial charge in [-0.2, -0.15) is 0 Å². The Morgan fingerprint density at radius 2 is 2.04 bits per heavy atom. The van der Waals surface area contributed by atoms with Crippen LogP contribution in [0.3, 0.4) is 0 Å². The van der Waals surface area contributed by atoms with Crippen LogP contribution in [-0.2, 0) is 6.54 Å². The number of halogens is 2. The van der Waals surface area contributed by atoms with E-state index < -0.39 is 17.5 Å². The number of aromatic amines is 1. The van der Waals surface area contributed by atoms with Crippen LogP contribution >= 0.6 is 11.6 Å². The summed E-state index contributed by atoms with van der Waals surface area (Å²) in [6, 6.07) is 5.22. The Kier molecular flexibility index (Phi) is 4.06. The third kappa shape index (κ3) is 2.65. The second kappa shape index (κ2) is 5.92. The highest BCUT2D eigenvalue weighted by Crippen LogP contribution is 2.19. The molecule has 0 saturated carbocycles. The van der Waals surface area contributed by atoms with Crippen molar-refractivity contribution in [3.63, 3.8) is 0 Å². The Labute approximate surface area is 140 Å². The van der Waals surface area contributed by atoms with Crippen molar-refractivity contribution in [2.45, 2.75) is 26.5 Å². The Morgan fingerprint density at radius 1 is 1.33 bits per heavy atom. The zero-order chi connectivity index (χ0) is 17.6. The van der Waals surface area contributed by atoms with Crippen molar-refractivity contribution in [2.24, 2.45) is 0 Å². The first kappa shape index (κ1) is 16.5. The summed E-state index contributed by atoms with van der Waals surface area (Å²) in [5.74, 6) is -0.659. The monoisotopic (exact) mass is 351 g/mol. The number of rotatable bonds is 3. The van der Waals surface area contributed by atoms with Crippen LogP contribution in [0, 0.1) is 12.7 Å². The van der Waals surface area contributed by atoms with E-state index in [2.05, 4.69) is 5.10 Å². The van der Waals surface area contributed by atoms with Crippen molar-refractivity contribution in [1.29, 1.82) is 0 Å². The number of aryl methyl sites for hydroxylation is 1. The molecule has 2 N–H and O–H groups in total. The number of H-pyrrole nitrogens is 1. The Hall–Kier alpha value is -2.38. The smallest absolute Gasteiger partial charge is 0.280 e. The van der Waals surface area contributed by atoms with Crippen LogP contribution in [0.15, 0.2) is 33.9 Å². The third-order valence-corrected chi connectivity index (χ3v) is 4.05. The average Bonchev–Trinajstić information content (AvgIpc) is 2.80. The summed E-state index contributed by atoms with van der Waals surface area (Å²) in [4.78, 5) is 24.9. The van der Waals surface area contributed by atoms with E-state index in [1.165, 1.54) is 22.8 Å². The predicted molar refractivity (Wildman–Crippen MR) is 89.5 cm³/mol. The van der Waals surface area contributed by atoms with Gasteiger partial charge >= 0.3 is 0 Å². The molecule has 1 aromatic carbocycles. The fraction of sp³-hybridized carbons (Fsp3) is 0.250. The van der Waals surface area contributed by atoms with E-state index in [0.29, 0.717) is 11.2 Å². The first-order valence-electron chi connectivity index (χ1n) is 7.28. The van der Waals surface area contributed by atoms with E-state index in [1.807, 2.05) is 0 Å². The summed E-state index contributed by atoms with van der Waals surface area (Å²) in [7, 11) is 0. The van der Waals surface area contributed by atoms with E-state index in [4.69, 9.17) is 11.6 Å². The number of nitrogens with zero attached hydrogens (tertiary/aromatic N) is 2. The normalized spacial score (nSPS) is 12.7. The minimum Gasteiger partial charge on any atom is -0.392 e. The molecule has 2 aromatic heterocycles. The van der Waals surface area contributed by atoms with Crippen LogP contribution in [0.5, 0.6) is 0 Å². The molecule has 2 heterocycles. The number of pyridine rings is 1. The van der Waals surface area contributed by atoms with Gasteiger partial charge in [0.25, 0.3) is 11.1 Å². The zero-order valence-corrected chi connectivity index (χ0v) is 13.8. The lowest BCUT2D eigenvalue weighted by molar-refractivity contribution is 0.171. The molecular formula is C16H15ClFN3O3. The summed E-state index contributed by atoms with van der Waals surface area (Å²) in [5.41, 5.74) is -0.116. The molecule has 3 aromatic rings. The molecule has 8 heteroatoms. The number of aromatic nitrogens is 3. The van der Waals surface area contributed by atoms with E-state index in [1.54, 1.807) is 13.8 Å². The van der Waals surface area contributed by atoms with Crippen LogP contribution in [-0.4, -0.2) is 25.6 Å². The van der Waals surface area contributed by atoms with Gasteiger partial charge in [-0.15, -0.1) is 0 Å². The molecule has 24 heavy (non-hydrogen) atoms. The number of hydrogen-bond acceptors (Lipinski definition) is 3. The number of fused-ring (bicyclic) bond motifs is 1. The average molecular weight is 352 g/mol. The maximum absolute atomic E-state index is 14.1. The second-order valence-corrected chi connectivity index (χ2v) is 6.10. The summed E-state index contributed by atoms with van der Waals surface area (Å²) in [6.07, 6.45) is -0.742. The molecule has 0 radical (unpaired) electrons. The SMILES string of the molecule is Cc1c2c(=O)n(-c3ccc(Cl)cc3F)[nH]c2cc(=O)n1CC(C)O. The molecule has 0 spiro atoms. The van der Waals surface area contributed by atoms with Crippen molar-refractivity contribution in [1.82, 2.24) is 14.3 Å². The standard InChI is InChI=1S/C16H15ClFN3O3/c1-8(22)7-20-9(2)15-12(6-14(20)23)19-21(16(15)24)13-4-3-10(17)5-11(13)18/h3-6,8,19,22H,7H2,1-2H3. The summed E-state index contributed by atoms with van der Waals surface area (Å²) in [5, 5.41) is 12.8. The minimum atomic E-state index is -0.742. The fourth-order valence-corrected chi connectivity index (χ4v) is 2.89. The van der Waals surface area contributed by atoms with Gasteiger partial charge in [-0.25, -0.2) is 9.07 Å². The molecule has 126 valence electrons. The number of aliphatic hydroxyl groups excluding tert-OH is 1.